The lowest BCUT2D eigenvalue weighted by Crippen LogP contribution is -2.58. The van der Waals surface area contributed by atoms with Crippen molar-refractivity contribution in [2.75, 3.05) is 4.90 Å². The number of hydrogen-bond donors (Lipinski definition) is 0. The van der Waals surface area contributed by atoms with Gasteiger partial charge in [0.15, 0.2) is 0 Å². The lowest BCUT2D eigenvalue weighted by Gasteiger charge is -2.42. The number of nitrogens with zero attached hydrogens (tertiary/aromatic N) is 2. The van der Waals surface area contributed by atoms with E-state index in [-0.39, 0.29) is 0 Å². The normalized spacial score (nSPS) is 13.6. The van der Waals surface area contributed by atoms with Crippen LogP contribution in [0.1, 0.15) is 0 Å². The molecule has 2 nitrogen and oxygen atoms in total. The fraction of sp³-hybridized carbons (Fsp3) is 0.0513. The van der Waals surface area contributed by atoms with E-state index < -0.39 is 8.07 Å². The Morgan fingerprint density at radius 2 is 1.05 bits per heavy atom. The van der Waals surface area contributed by atoms with Crippen molar-refractivity contribution in [3.63, 3.8) is 0 Å². The first-order valence-electron chi connectivity index (χ1n) is 14.6. The third-order valence-electron chi connectivity index (χ3n) is 8.87. The van der Waals surface area contributed by atoms with Crippen LogP contribution in [0.2, 0.25) is 13.1 Å². The molecule has 0 radical (unpaired) electrons. The van der Waals surface area contributed by atoms with E-state index in [0.29, 0.717) is 0 Å². The second kappa shape index (κ2) is 9.54. The fourth-order valence-electron chi connectivity index (χ4n) is 6.70. The summed E-state index contributed by atoms with van der Waals surface area (Å²) in [5.41, 5.74) is 9.78. The van der Waals surface area contributed by atoms with Gasteiger partial charge in [-0.2, -0.15) is 0 Å². The SMILES string of the molecule is C[Si]1(C)c2cc(-c3ccccc3)ccc2N(c2cccc3ccc4cccnc4c23)c2ccc(-c3ccccc3)cc21. The Labute approximate surface area is 247 Å². The number of fused-ring (bicyclic) bond motifs is 5. The van der Waals surface area contributed by atoms with Crippen LogP contribution in [0.25, 0.3) is 43.9 Å². The van der Waals surface area contributed by atoms with Crippen LogP contribution < -0.4 is 15.3 Å². The minimum atomic E-state index is -2.11. The molecule has 1 aliphatic heterocycles. The molecule has 0 amide bonds. The molecule has 200 valence electrons. The molecule has 1 aromatic heterocycles. The summed E-state index contributed by atoms with van der Waals surface area (Å²) in [6.45, 7) is 5.01. The number of benzene rings is 6. The summed E-state index contributed by atoms with van der Waals surface area (Å²) < 4.78 is 0. The van der Waals surface area contributed by atoms with Crippen molar-refractivity contribution in [1.82, 2.24) is 4.98 Å². The summed E-state index contributed by atoms with van der Waals surface area (Å²) >= 11 is 0. The molecular weight excluding hydrogens is 525 g/mol. The molecule has 6 aromatic carbocycles. The first kappa shape index (κ1) is 24.8. The highest BCUT2D eigenvalue weighted by atomic mass is 28.3. The smallest absolute Gasteiger partial charge is 0.117 e. The first-order chi connectivity index (χ1) is 20.6. The lowest BCUT2D eigenvalue weighted by atomic mass is 10.0. The predicted octanol–water partition coefficient (Wildman–Crippen LogP) is 9.33. The molecule has 0 fully saturated rings. The van der Waals surface area contributed by atoms with Gasteiger partial charge in [-0.3, -0.25) is 4.98 Å². The maximum absolute atomic E-state index is 4.89. The van der Waals surface area contributed by atoms with E-state index in [1.807, 2.05) is 12.3 Å². The van der Waals surface area contributed by atoms with Crippen LogP contribution in [-0.4, -0.2) is 13.1 Å². The minimum Gasteiger partial charge on any atom is -0.310 e. The Balaban J connectivity index is 1.44. The second-order valence-electron chi connectivity index (χ2n) is 11.7. The highest BCUT2D eigenvalue weighted by Crippen LogP contribution is 2.44. The molecule has 0 atom stereocenters. The molecular formula is C39H30N2Si. The van der Waals surface area contributed by atoms with Gasteiger partial charge in [0.05, 0.1) is 11.2 Å². The Hall–Kier alpha value is -4.99. The Kier molecular flexibility index (Phi) is 5.63. The summed E-state index contributed by atoms with van der Waals surface area (Å²) in [7, 11) is -2.11. The summed E-state index contributed by atoms with van der Waals surface area (Å²) in [4.78, 5) is 7.40. The maximum atomic E-state index is 4.89. The monoisotopic (exact) mass is 554 g/mol. The van der Waals surface area contributed by atoms with Crippen molar-refractivity contribution < 1.29 is 0 Å². The molecule has 8 rings (SSSR count). The van der Waals surface area contributed by atoms with Gasteiger partial charge < -0.3 is 4.90 Å². The summed E-state index contributed by atoms with van der Waals surface area (Å²) in [6.07, 6.45) is 1.91. The molecule has 0 N–H and O–H groups in total. The highest BCUT2D eigenvalue weighted by molar-refractivity contribution is 7.02. The first-order valence-corrected chi connectivity index (χ1v) is 17.6. The van der Waals surface area contributed by atoms with E-state index >= 15 is 0 Å². The standard InChI is InChI=1S/C39H30N2Si/c1-42(2)36-25-31(27-11-5-3-6-12-27)20-22-33(36)41(34-23-21-32(26-37(34)42)28-13-7-4-8-14-28)35-17-9-15-29-18-19-30-16-10-24-40-39(30)38(29)35/h3-26H,1-2H3. The van der Waals surface area contributed by atoms with Crippen LogP contribution in [0.4, 0.5) is 17.1 Å². The van der Waals surface area contributed by atoms with Gasteiger partial charge >= 0.3 is 0 Å². The Morgan fingerprint density at radius 1 is 0.476 bits per heavy atom. The largest absolute Gasteiger partial charge is 0.310 e. The number of pyridine rings is 1. The van der Waals surface area contributed by atoms with Crippen molar-refractivity contribution in [2.45, 2.75) is 13.1 Å². The van der Waals surface area contributed by atoms with Crippen LogP contribution in [0.15, 0.2) is 146 Å². The van der Waals surface area contributed by atoms with Crippen LogP contribution >= 0.6 is 0 Å². The van der Waals surface area contributed by atoms with Crippen LogP contribution in [0.3, 0.4) is 0 Å². The number of anilines is 3. The zero-order valence-corrected chi connectivity index (χ0v) is 24.8. The zero-order valence-electron chi connectivity index (χ0n) is 23.8. The molecule has 3 heteroatoms. The van der Waals surface area contributed by atoms with Gasteiger partial charge in [-0.25, -0.2) is 0 Å². The quantitative estimate of drug-likeness (QED) is 0.160. The van der Waals surface area contributed by atoms with Crippen LogP contribution in [0.5, 0.6) is 0 Å². The predicted molar refractivity (Wildman–Crippen MR) is 182 cm³/mol. The molecule has 7 aromatic rings. The molecule has 0 aliphatic carbocycles. The lowest BCUT2D eigenvalue weighted by molar-refractivity contribution is 1.30. The number of rotatable bonds is 3. The van der Waals surface area contributed by atoms with Gasteiger partial charge in [-0.05, 0) is 62.3 Å². The third-order valence-corrected chi connectivity index (χ3v) is 12.4. The van der Waals surface area contributed by atoms with Gasteiger partial charge in [-0.1, -0.05) is 128 Å². The Morgan fingerprint density at radius 3 is 1.67 bits per heavy atom. The Bertz CT molecular complexity index is 2020. The van der Waals surface area contributed by atoms with E-state index in [9.17, 15) is 0 Å². The van der Waals surface area contributed by atoms with Crippen LogP contribution in [-0.2, 0) is 0 Å². The highest BCUT2D eigenvalue weighted by Gasteiger charge is 2.39. The maximum Gasteiger partial charge on any atom is 0.117 e. The average Bonchev–Trinajstić information content (AvgIpc) is 3.05. The van der Waals surface area contributed by atoms with E-state index in [1.54, 1.807) is 0 Å². The molecule has 2 heterocycles. The molecule has 0 saturated heterocycles. The molecule has 0 spiro atoms. The van der Waals surface area contributed by atoms with Gasteiger partial charge in [0.25, 0.3) is 0 Å². The van der Waals surface area contributed by atoms with E-state index in [2.05, 4.69) is 151 Å². The van der Waals surface area contributed by atoms with Gasteiger partial charge in [0.2, 0.25) is 0 Å². The molecule has 42 heavy (non-hydrogen) atoms. The molecule has 0 saturated carbocycles. The molecule has 1 aliphatic rings. The molecule has 0 bridgehead atoms. The number of hydrogen-bond acceptors (Lipinski definition) is 2. The molecule has 0 unspecified atom stereocenters. The van der Waals surface area contributed by atoms with E-state index in [4.69, 9.17) is 4.98 Å². The summed E-state index contributed by atoms with van der Waals surface area (Å²) in [6, 6.07) is 50.9. The van der Waals surface area contributed by atoms with E-state index in [0.717, 1.165) is 10.9 Å². The third kappa shape index (κ3) is 3.82. The average molecular weight is 555 g/mol. The van der Waals surface area contributed by atoms with Gasteiger partial charge in [0.1, 0.15) is 8.07 Å². The zero-order chi connectivity index (χ0) is 28.3. The van der Waals surface area contributed by atoms with Crippen LogP contribution in [0, 0.1) is 0 Å². The fourth-order valence-corrected chi connectivity index (χ4v) is 9.69. The number of aromatic nitrogens is 1. The van der Waals surface area contributed by atoms with Crippen molar-refractivity contribution in [2.24, 2.45) is 0 Å². The summed E-state index contributed by atoms with van der Waals surface area (Å²) in [5, 5.41) is 6.45. The second-order valence-corrected chi connectivity index (χ2v) is 16.0. The van der Waals surface area contributed by atoms with Crippen molar-refractivity contribution in [3.05, 3.63) is 146 Å². The topological polar surface area (TPSA) is 16.1 Å². The van der Waals surface area contributed by atoms with Gasteiger partial charge in [0, 0.05) is 28.3 Å². The van der Waals surface area contributed by atoms with E-state index in [1.165, 1.54) is 60.5 Å². The van der Waals surface area contributed by atoms with Crippen molar-refractivity contribution in [1.29, 1.82) is 0 Å². The minimum absolute atomic E-state index is 1.04. The van der Waals surface area contributed by atoms with Crippen molar-refractivity contribution >= 4 is 57.2 Å². The van der Waals surface area contributed by atoms with Gasteiger partial charge in [-0.15, -0.1) is 0 Å². The van der Waals surface area contributed by atoms with Crippen molar-refractivity contribution in [3.8, 4) is 22.3 Å². The summed E-state index contributed by atoms with van der Waals surface area (Å²) in [5.74, 6) is 0.